The van der Waals surface area contributed by atoms with Crippen molar-refractivity contribution in [3.8, 4) is 0 Å². The number of nitrogens with one attached hydrogen (secondary N) is 1. The van der Waals surface area contributed by atoms with Gasteiger partial charge in [-0.15, -0.1) is 0 Å². The number of hydrogen-bond acceptors (Lipinski definition) is 2. The molecule has 3 nitrogen and oxygen atoms in total. The fraction of sp³-hybridized carbons (Fsp3) is 0.625. The smallest absolute Gasteiger partial charge is 0.208 e. The molecule has 0 radical (unpaired) electrons. The molecule has 0 spiro atoms. The average Bonchev–Trinajstić information content (AvgIpc) is 2.26. The maximum absolute atomic E-state index is 12.4. The van der Waals surface area contributed by atoms with E-state index in [1.54, 1.807) is 6.07 Å². The van der Waals surface area contributed by atoms with Crippen molar-refractivity contribution in [1.82, 2.24) is 4.72 Å². The minimum Gasteiger partial charge on any atom is -0.208 e. The lowest BCUT2D eigenvalue weighted by atomic mass is 10.0. The van der Waals surface area contributed by atoms with Crippen LogP contribution in [0.1, 0.15) is 51.2 Å². The van der Waals surface area contributed by atoms with Gasteiger partial charge in [-0.3, -0.25) is 0 Å². The first-order chi connectivity index (χ1) is 9.22. The van der Waals surface area contributed by atoms with Gasteiger partial charge in [-0.1, -0.05) is 44.4 Å². The van der Waals surface area contributed by atoms with Crippen LogP contribution < -0.4 is 4.72 Å². The van der Waals surface area contributed by atoms with E-state index in [0.29, 0.717) is 10.8 Å². The first-order valence-corrected chi connectivity index (χ1v) is 8.80. The highest BCUT2D eigenvalue weighted by Gasteiger charge is 2.19. The summed E-state index contributed by atoms with van der Waals surface area (Å²) in [4.78, 5) is 0.388. The van der Waals surface area contributed by atoms with Crippen LogP contribution in [0.2, 0.25) is 0 Å². The maximum atomic E-state index is 12.4. The molecule has 4 heteroatoms. The summed E-state index contributed by atoms with van der Waals surface area (Å²) in [5.74, 6) is 0.665. The van der Waals surface area contributed by atoms with Crippen LogP contribution >= 0.6 is 0 Å². The van der Waals surface area contributed by atoms with Crippen molar-refractivity contribution in [3.05, 3.63) is 29.3 Å². The Labute approximate surface area is 123 Å². The SMILES string of the molecule is Cc1ccc(S(=O)(=O)NC(C)CCCC(C)C)c(C)c1. The summed E-state index contributed by atoms with van der Waals surface area (Å²) in [5.41, 5.74) is 1.87. The Bertz CT molecular complexity index is 535. The fourth-order valence-electron chi connectivity index (χ4n) is 2.32. The molecule has 1 N–H and O–H groups in total. The van der Waals surface area contributed by atoms with Crippen molar-refractivity contribution in [3.63, 3.8) is 0 Å². The van der Waals surface area contributed by atoms with Crippen LogP contribution in [0.15, 0.2) is 23.1 Å². The van der Waals surface area contributed by atoms with Gasteiger partial charge in [-0.25, -0.2) is 13.1 Å². The molecule has 20 heavy (non-hydrogen) atoms. The van der Waals surface area contributed by atoms with Crippen LogP contribution in [-0.4, -0.2) is 14.5 Å². The van der Waals surface area contributed by atoms with Gasteiger partial charge >= 0.3 is 0 Å². The van der Waals surface area contributed by atoms with Gasteiger partial charge in [0, 0.05) is 6.04 Å². The van der Waals surface area contributed by atoms with Crippen molar-refractivity contribution in [2.45, 2.75) is 64.8 Å². The van der Waals surface area contributed by atoms with E-state index >= 15 is 0 Å². The third-order valence-corrected chi connectivity index (χ3v) is 5.14. The van der Waals surface area contributed by atoms with Crippen molar-refractivity contribution < 1.29 is 8.42 Å². The van der Waals surface area contributed by atoms with E-state index in [1.807, 2.05) is 32.9 Å². The second-order valence-electron chi connectivity index (χ2n) is 6.12. The molecule has 114 valence electrons. The highest BCUT2D eigenvalue weighted by atomic mass is 32.2. The largest absolute Gasteiger partial charge is 0.241 e. The maximum Gasteiger partial charge on any atom is 0.241 e. The highest BCUT2D eigenvalue weighted by Crippen LogP contribution is 2.17. The molecule has 1 unspecified atom stereocenters. The van der Waals surface area contributed by atoms with E-state index in [4.69, 9.17) is 0 Å². The van der Waals surface area contributed by atoms with E-state index in [-0.39, 0.29) is 6.04 Å². The number of rotatable bonds is 7. The summed E-state index contributed by atoms with van der Waals surface area (Å²) >= 11 is 0. The topological polar surface area (TPSA) is 46.2 Å². The zero-order chi connectivity index (χ0) is 15.3. The highest BCUT2D eigenvalue weighted by molar-refractivity contribution is 7.89. The van der Waals surface area contributed by atoms with Crippen molar-refractivity contribution in [2.75, 3.05) is 0 Å². The molecule has 0 aromatic heterocycles. The van der Waals surface area contributed by atoms with Gasteiger partial charge in [0.2, 0.25) is 10.0 Å². The van der Waals surface area contributed by atoms with Crippen LogP contribution in [0, 0.1) is 19.8 Å². The quantitative estimate of drug-likeness (QED) is 0.832. The molecule has 0 aliphatic rings. The first-order valence-electron chi connectivity index (χ1n) is 7.32. The number of benzene rings is 1. The minimum absolute atomic E-state index is 0.0283. The Hall–Kier alpha value is -0.870. The van der Waals surface area contributed by atoms with Crippen molar-refractivity contribution in [2.24, 2.45) is 5.92 Å². The molecule has 1 rings (SSSR count). The molecule has 0 aliphatic heterocycles. The summed E-state index contributed by atoms with van der Waals surface area (Å²) in [6, 6.07) is 5.40. The molecule has 0 fully saturated rings. The molecular weight excluding hydrogens is 270 g/mol. The van der Waals surface area contributed by atoms with Crippen LogP contribution in [0.3, 0.4) is 0 Å². The van der Waals surface area contributed by atoms with Gasteiger partial charge < -0.3 is 0 Å². The molecule has 0 aliphatic carbocycles. The standard InChI is InChI=1S/C16H27NO2S/c1-12(2)7-6-8-15(5)17-20(18,19)16-10-9-13(3)11-14(16)4/h9-12,15,17H,6-8H2,1-5H3. The molecule has 1 atom stereocenters. The molecule has 0 heterocycles. The van der Waals surface area contributed by atoms with Crippen LogP contribution in [-0.2, 0) is 10.0 Å². The Balaban J connectivity index is 2.69. The summed E-state index contributed by atoms with van der Waals surface area (Å²) in [5, 5.41) is 0. The van der Waals surface area contributed by atoms with E-state index in [9.17, 15) is 8.42 Å². The third kappa shape index (κ3) is 5.25. The lowest BCUT2D eigenvalue weighted by Gasteiger charge is -2.16. The minimum atomic E-state index is -3.41. The Morgan fingerprint density at radius 1 is 1.10 bits per heavy atom. The average molecular weight is 297 g/mol. The Morgan fingerprint density at radius 3 is 2.30 bits per heavy atom. The van der Waals surface area contributed by atoms with E-state index in [1.165, 1.54) is 0 Å². The number of sulfonamides is 1. The molecule has 0 saturated carbocycles. The van der Waals surface area contributed by atoms with Gasteiger partial charge in [0.25, 0.3) is 0 Å². The number of hydrogen-bond donors (Lipinski definition) is 1. The zero-order valence-electron chi connectivity index (χ0n) is 13.2. The molecule has 1 aromatic carbocycles. The summed E-state index contributed by atoms with van der Waals surface area (Å²) < 4.78 is 27.5. The van der Waals surface area contributed by atoms with Gasteiger partial charge in [-0.05, 0) is 44.7 Å². The van der Waals surface area contributed by atoms with Gasteiger partial charge in [-0.2, -0.15) is 0 Å². The van der Waals surface area contributed by atoms with Gasteiger partial charge in [0.1, 0.15) is 0 Å². The summed E-state index contributed by atoms with van der Waals surface area (Å²) in [7, 11) is -3.41. The molecule has 1 aromatic rings. The van der Waals surface area contributed by atoms with Crippen LogP contribution in [0.25, 0.3) is 0 Å². The lowest BCUT2D eigenvalue weighted by Crippen LogP contribution is -2.33. The molecule has 0 saturated heterocycles. The van der Waals surface area contributed by atoms with Crippen LogP contribution in [0.5, 0.6) is 0 Å². The first kappa shape index (κ1) is 17.2. The summed E-state index contributed by atoms with van der Waals surface area (Å²) in [6.45, 7) is 10.1. The Morgan fingerprint density at radius 2 is 1.75 bits per heavy atom. The molecular formula is C16H27NO2S. The predicted octanol–water partition coefficient (Wildman–Crippen LogP) is 3.80. The van der Waals surface area contributed by atoms with Gasteiger partial charge in [0.15, 0.2) is 0 Å². The molecule has 0 amide bonds. The normalized spacial score (nSPS) is 13.7. The third-order valence-electron chi connectivity index (χ3n) is 3.39. The van der Waals surface area contributed by atoms with Crippen LogP contribution in [0.4, 0.5) is 0 Å². The molecule has 0 bridgehead atoms. The van der Waals surface area contributed by atoms with E-state index < -0.39 is 10.0 Å². The second kappa shape index (κ2) is 7.23. The monoisotopic (exact) mass is 297 g/mol. The fourth-order valence-corrected chi connectivity index (χ4v) is 3.82. The number of aryl methyl sites for hydroxylation is 2. The Kier molecular flexibility index (Phi) is 6.21. The predicted molar refractivity (Wildman–Crippen MR) is 84.4 cm³/mol. The lowest BCUT2D eigenvalue weighted by molar-refractivity contribution is 0.488. The summed E-state index contributed by atoms with van der Waals surface area (Å²) in [6.07, 6.45) is 3.06. The second-order valence-corrected chi connectivity index (χ2v) is 7.80. The van der Waals surface area contributed by atoms with Crippen molar-refractivity contribution >= 4 is 10.0 Å². The van der Waals surface area contributed by atoms with Crippen molar-refractivity contribution in [1.29, 1.82) is 0 Å². The zero-order valence-corrected chi connectivity index (χ0v) is 14.0. The van der Waals surface area contributed by atoms with E-state index in [0.717, 1.165) is 30.4 Å². The van der Waals surface area contributed by atoms with E-state index in [2.05, 4.69) is 18.6 Å². The van der Waals surface area contributed by atoms with Gasteiger partial charge in [0.05, 0.1) is 4.90 Å².